The third kappa shape index (κ3) is 2.00. The first kappa shape index (κ1) is 12.3. The van der Waals surface area contributed by atoms with E-state index in [1.807, 2.05) is 50.3 Å². The molecule has 0 amide bonds. The maximum Gasteiger partial charge on any atom is 0.149 e. The Kier molecular flexibility index (Phi) is 3.16. The first-order valence-corrected chi connectivity index (χ1v) is 5.95. The highest BCUT2D eigenvalue weighted by Gasteiger charge is 2.32. The SMILES string of the molecule is Cc1ccccc1C1=CC(C=O)=CCC1(C)C#N. The number of hydrogen-bond donors (Lipinski definition) is 0. The van der Waals surface area contributed by atoms with Gasteiger partial charge >= 0.3 is 0 Å². The second kappa shape index (κ2) is 4.62. The molecule has 1 atom stereocenters. The number of carbonyl (C=O) groups is 1. The fourth-order valence-corrected chi connectivity index (χ4v) is 2.25. The molecule has 2 rings (SSSR count). The first-order valence-electron chi connectivity index (χ1n) is 5.95. The summed E-state index contributed by atoms with van der Waals surface area (Å²) in [7, 11) is 0. The van der Waals surface area contributed by atoms with Crippen LogP contribution in [0.3, 0.4) is 0 Å². The molecule has 0 fully saturated rings. The lowest BCUT2D eigenvalue weighted by molar-refractivity contribution is -0.104. The molecular weight excluding hydrogens is 222 g/mol. The van der Waals surface area contributed by atoms with Gasteiger partial charge < -0.3 is 0 Å². The first-order chi connectivity index (χ1) is 8.60. The van der Waals surface area contributed by atoms with Gasteiger partial charge in [-0.25, -0.2) is 0 Å². The Hall–Kier alpha value is -2.14. The largest absolute Gasteiger partial charge is 0.298 e. The number of aryl methyl sites for hydroxylation is 1. The normalized spacial score (nSPS) is 22.7. The van der Waals surface area contributed by atoms with Gasteiger partial charge in [-0.1, -0.05) is 30.3 Å². The molecule has 2 heteroatoms. The molecule has 2 nitrogen and oxygen atoms in total. The lowest BCUT2D eigenvalue weighted by atomic mass is 9.72. The lowest BCUT2D eigenvalue weighted by Crippen LogP contribution is -2.19. The standard InChI is InChI=1S/C16H15NO/c1-12-5-3-4-6-14(12)15-9-13(10-18)7-8-16(15,2)11-17/h3-7,9-10H,8H2,1-2H3. The molecule has 0 N–H and O–H groups in total. The molecule has 1 aromatic carbocycles. The fraction of sp³-hybridized carbons (Fsp3) is 0.250. The van der Waals surface area contributed by atoms with E-state index in [2.05, 4.69) is 6.07 Å². The monoisotopic (exact) mass is 237 g/mol. The van der Waals surface area contributed by atoms with Crippen LogP contribution in [0, 0.1) is 23.7 Å². The van der Waals surface area contributed by atoms with Crippen LogP contribution < -0.4 is 0 Å². The van der Waals surface area contributed by atoms with E-state index in [0.29, 0.717) is 12.0 Å². The van der Waals surface area contributed by atoms with E-state index >= 15 is 0 Å². The molecule has 0 aliphatic heterocycles. The van der Waals surface area contributed by atoms with Crippen LogP contribution in [-0.2, 0) is 4.79 Å². The van der Waals surface area contributed by atoms with E-state index < -0.39 is 5.41 Å². The van der Waals surface area contributed by atoms with Crippen molar-refractivity contribution in [3.05, 3.63) is 53.1 Å². The second-order valence-electron chi connectivity index (χ2n) is 4.84. The number of benzene rings is 1. The van der Waals surface area contributed by atoms with Crippen molar-refractivity contribution in [2.45, 2.75) is 20.3 Å². The molecule has 0 bridgehead atoms. The number of aldehydes is 1. The summed E-state index contributed by atoms with van der Waals surface area (Å²) >= 11 is 0. The third-order valence-electron chi connectivity index (χ3n) is 3.47. The topological polar surface area (TPSA) is 40.9 Å². The highest BCUT2D eigenvalue weighted by molar-refractivity contribution is 5.87. The van der Waals surface area contributed by atoms with Crippen molar-refractivity contribution in [1.82, 2.24) is 0 Å². The molecule has 1 aliphatic rings. The van der Waals surface area contributed by atoms with E-state index in [1.165, 1.54) is 0 Å². The minimum absolute atomic E-state index is 0.557. The van der Waals surface area contributed by atoms with Crippen LogP contribution in [0.25, 0.3) is 5.57 Å². The number of rotatable bonds is 2. The Morgan fingerprint density at radius 2 is 2.11 bits per heavy atom. The van der Waals surface area contributed by atoms with Crippen molar-refractivity contribution in [2.24, 2.45) is 5.41 Å². The van der Waals surface area contributed by atoms with Crippen LogP contribution in [0.2, 0.25) is 0 Å². The predicted octanol–water partition coefficient (Wildman–Crippen LogP) is 3.44. The highest BCUT2D eigenvalue weighted by Crippen LogP contribution is 2.42. The van der Waals surface area contributed by atoms with Gasteiger partial charge in [0.2, 0.25) is 0 Å². The van der Waals surface area contributed by atoms with E-state index in [-0.39, 0.29) is 0 Å². The van der Waals surface area contributed by atoms with Gasteiger partial charge in [0.25, 0.3) is 0 Å². The van der Waals surface area contributed by atoms with E-state index in [9.17, 15) is 10.1 Å². The lowest BCUT2D eigenvalue weighted by Gasteiger charge is -2.28. The number of carbonyl (C=O) groups excluding carboxylic acids is 1. The van der Waals surface area contributed by atoms with Crippen LogP contribution in [-0.4, -0.2) is 6.29 Å². The van der Waals surface area contributed by atoms with E-state index in [1.54, 1.807) is 0 Å². The van der Waals surface area contributed by atoms with Gasteiger partial charge in [0.1, 0.15) is 6.29 Å². The van der Waals surface area contributed by atoms with Crippen molar-refractivity contribution >= 4 is 11.9 Å². The summed E-state index contributed by atoms with van der Waals surface area (Å²) in [6.45, 7) is 3.94. The summed E-state index contributed by atoms with van der Waals surface area (Å²) in [5.74, 6) is 0. The Balaban J connectivity index is 2.61. The van der Waals surface area contributed by atoms with Crippen molar-refractivity contribution in [3.63, 3.8) is 0 Å². The molecule has 1 aliphatic carbocycles. The zero-order valence-corrected chi connectivity index (χ0v) is 10.6. The highest BCUT2D eigenvalue weighted by atomic mass is 16.1. The van der Waals surface area contributed by atoms with Gasteiger partial charge in [-0.3, -0.25) is 4.79 Å². The molecule has 0 saturated carbocycles. The average Bonchev–Trinajstić information content (AvgIpc) is 2.40. The minimum atomic E-state index is -0.557. The molecule has 0 aromatic heterocycles. The van der Waals surface area contributed by atoms with Gasteiger partial charge in [0.05, 0.1) is 11.5 Å². The number of allylic oxidation sites excluding steroid dienone is 4. The maximum absolute atomic E-state index is 10.9. The Morgan fingerprint density at radius 1 is 1.39 bits per heavy atom. The number of hydrogen-bond acceptors (Lipinski definition) is 2. The zero-order valence-electron chi connectivity index (χ0n) is 10.6. The summed E-state index contributed by atoms with van der Waals surface area (Å²) in [5.41, 5.74) is 3.21. The quantitative estimate of drug-likeness (QED) is 0.739. The van der Waals surface area contributed by atoms with Crippen LogP contribution >= 0.6 is 0 Å². The van der Waals surface area contributed by atoms with E-state index in [0.717, 1.165) is 23.0 Å². The van der Waals surface area contributed by atoms with Gasteiger partial charge in [0.15, 0.2) is 0 Å². The van der Waals surface area contributed by atoms with E-state index in [4.69, 9.17) is 0 Å². The molecular formula is C16H15NO. The number of nitriles is 1. The molecule has 1 unspecified atom stereocenters. The molecule has 0 radical (unpaired) electrons. The second-order valence-corrected chi connectivity index (χ2v) is 4.84. The Morgan fingerprint density at radius 3 is 2.72 bits per heavy atom. The summed E-state index contributed by atoms with van der Waals surface area (Å²) < 4.78 is 0. The third-order valence-corrected chi connectivity index (χ3v) is 3.47. The summed E-state index contributed by atoms with van der Waals surface area (Å²) in [6, 6.07) is 10.3. The maximum atomic E-state index is 10.9. The van der Waals surface area contributed by atoms with Crippen LogP contribution in [0.4, 0.5) is 0 Å². The average molecular weight is 237 g/mol. The molecule has 0 spiro atoms. The molecule has 0 saturated heterocycles. The van der Waals surface area contributed by atoms with Crippen molar-refractivity contribution in [1.29, 1.82) is 5.26 Å². The van der Waals surface area contributed by atoms with Crippen LogP contribution in [0.15, 0.2) is 42.0 Å². The van der Waals surface area contributed by atoms with Gasteiger partial charge in [-0.2, -0.15) is 5.26 Å². The minimum Gasteiger partial charge on any atom is -0.298 e. The smallest absolute Gasteiger partial charge is 0.149 e. The summed E-state index contributed by atoms with van der Waals surface area (Å²) in [4.78, 5) is 10.9. The zero-order chi connectivity index (χ0) is 13.2. The Labute approximate surface area is 107 Å². The number of nitrogens with zero attached hydrogens (tertiary/aromatic N) is 1. The van der Waals surface area contributed by atoms with Gasteiger partial charge in [0, 0.05) is 5.57 Å². The van der Waals surface area contributed by atoms with Crippen molar-refractivity contribution in [2.75, 3.05) is 0 Å². The molecule has 90 valence electrons. The molecule has 0 heterocycles. The fourth-order valence-electron chi connectivity index (χ4n) is 2.25. The molecule has 18 heavy (non-hydrogen) atoms. The van der Waals surface area contributed by atoms with Crippen molar-refractivity contribution < 1.29 is 4.79 Å². The summed E-state index contributed by atoms with van der Waals surface area (Å²) in [6.07, 6.45) is 5.09. The predicted molar refractivity (Wildman–Crippen MR) is 71.6 cm³/mol. The van der Waals surface area contributed by atoms with Crippen LogP contribution in [0.1, 0.15) is 24.5 Å². The molecule has 1 aromatic rings. The van der Waals surface area contributed by atoms with Crippen molar-refractivity contribution in [3.8, 4) is 6.07 Å². The van der Waals surface area contributed by atoms with Crippen LogP contribution in [0.5, 0.6) is 0 Å². The Bertz CT molecular complexity index is 589. The van der Waals surface area contributed by atoms with Gasteiger partial charge in [-0.15, -0.1) is 0 Å². The summed E-state index contributed by atoms with van der Waals surface area (Å²) in [5, 5.41) is 9.42. The van der Waals surface area contributed by atoms with Gasteiger partial charge in [-0.05, 0) is 43.0 Å².